The second kappa shape index (κ2) is 5.57. The number of nitrogens with zero attached hydrogens (tertiary/aromatic N) is 2. The maximum absolute atomic E-state index is 5.78. The minimum atomic E-state index is 0.530. The maximum atomic E-state index is 5.78. The molecular formula is C14H17N3OS. The zero-order valence-electron chi connectivity index (χ0n) is 10.9. The first-order valence-corrected chi connectivity index (χ1v) is 7.51. The summed E-state index contributed by atoms with van der Waals surface area (Å²) in [5.41, 5.74) is 0. The zero-order valence-corrected chi connectivity index (χ0v) is 11.7. The molecule has 1 saturated carbocycles. The first-order chi connectivity index (χ1) is 9.35. The molecule has 1 aliphatic rings. The quantitative estimate of drug-likeness (QED) is 0.877. The first kappa shape index (κ1) is 12.4. The molecule has 3 rings (SSSR count). The summed E-state index contributed by atoms with van der Waals surface area (Å²) in [6.45, 7) is 3.49. The van der Waals surface area contributed by atoms with Crippen molar-refractivity contribution >= 4 is 17.2 Å². The molecule has 4 nitrogen and oxygen atoms in total. The molecule has 0 saturated heterocycles. The smallest absolute Gasteiger partial charge is 0.219 e. The highest BCUT2D eigenvalue weighted by Crippen LogP contribution is 2.39. The van der Waals surface area contributed by atoms with Crippen LogP contribution in [0, 0.1) is 0 Å². The van der Waals surface area contributed by atoms with E-state index in [2.05, 4.69) is 33.7 Å². The molecule has 0 atom stereocenters. The maximum Gasteiger partial charge on any atom is 0.219 e. The second-order valence-corrected chi connectivity index (χ2v) is 5.65. The number of hydrogen-bond donors (Lipinski definition) is 1. The lowest BCUT2D eigenvalue weighted by Crippen LogP contribution is -2.05. The van der Waals surface area contributed by atoms with Crippen LogP contribution in [0.3, 0.4) is 0 Å². The highest BCUT2D eigenvalue weighted by Gasteiger charge is 2.27. The molecule has 0 spiro atoms. The predicted molar refractivity (Wildman–Crippen MR) is 76.8 cm³/mol. The van der Waals surface area contributed by atoms with Gasteiger partial charge < -0.3 is 10.1 Å². The van der Waals surface area contributed by atoms with Crippen LogP contribution in [0.4, 0.5) is 5.82 Å². The Morgan fingerprint density at radius 2 is 2.32 bits per heavy atom. The van der Waals surface area contributed by atoms with Crippen LogP contribution in [0.25, 0.3) is 0 Å². The van der Waals surface area contributed by atoms with Crippen LogP contribution in [-0.4, -0.2) is 16.5 Å². The van der Waals surface area contributed by atoms with Crippen LogP contribution < -0.4 is 10.1 Å². The molecule has 0 aliphatic heterocycles. The highest BCUT2D eigenvalue weighted by molar-refractivity contribution is 7.09. The summed E-state index contributed by atoms with van der Waals surface area (Å²) in [5, 5.41) is 5.29. The summed E-state index contributed by atoms with van der Waals surface area (Å²) in [6.07, 6.45) is 2.39. The van der Waals surface area contributed by atoms with Gasteiger partial charge in [-0.25, -0.2) is 4.98 Å². The summed E-state index contributed by atoms with van der Waals surface area (Å²) in [4.78, 5) is 10.2. The summed E-state index contributed by atoms with van der Waals surface area (Å²) in [6, 6.07) is 5.98. The van der Waals surface area contributed by atoms with Crippen LogP contribution in [-0.2, 0) is 6.61 Å². The van der Waals surface area contributed by atoms with Gasteiger partial charge in [0.05, 0.1) is 0 Å². The van der Waals surface area contributed by atoms with Gasteiger partial charge in [-0.15, -0.1) is 11.3 Å². The van der Waals surface area contributed by atoms with Gasteiger partial charge in [0.15, 0.2) is 0 Å². The second-order valence-electron chi connectivity index (χ2n) is 4.62. The van der Waals surface area contributed by atoms with Crippen molar-refractivity contribution in [2.75, 3.05) is 11.9 Å². The number of rotatable bonds is 6. The Morgan fingerprint density at radius 3 is 3.00 bits per heavy atom. The number of nitrogens with one attached hydrogen (secondary N) is 1. The van der Waals surface area contributed by atoms with E-state index in [-0.39, 0.29) is 0 Å². The summed E-state index contributed by atoms with van der Waals surface area (Å²) < 4.78 is 5.78. The minimum absolute atomic E-state index is 0.530. The van der Waals surface area contributed by atoms with Crippen molar-refractivity contribution in [1.82, 2.24) is 9.97 Å². The summed E-state index contributed by atoms with van der Waals surface area (Å²) in [5.74, 6) is 2.98. The van der Waals surface area contributed by atoms with E-state index >= 15 is 0 Å². The average Bonchev–Trinajstić information content (AvgIpc) is 3.14. The Labute approximate surface area is 116 Å². The summed E-state index contributed by atoms with van der Waals surface area (Å²) in [7, 11) is 0. The fourth-order valence-electron chi connectivity index (χ4n) is 1.85. The fraction of sp³-hybridized carbons (Fsp3) is 0.429. The van der Waals surface area contributed by atoms with Crippen molar-refractivity contribution in [2.24, 2.45) is 0 Å². The predicted octanol–water partition coefficient (Wildman–Crippen LogP) is 3.43. The third kappa shape index (κ3) is 3.23. The highest BCUT2D eigenvalue weighted by atomic mass is 32.1. The van der Waals surface area contributed by atoms with Crippen LogP contribution in [0.5, 0.6) is 5.88 Å². The molecule has 2 heterocycles. The van der Waals surface area contributed by atoms with Crippen molar-refractivity contribution < 1.29 is 4.74 Å². The monoisotopic (exact) mass is 275 g/mol. The van der Waals surface area contributed by atoms with Gasteiger partial charge in [0, 0.05) is 23.4 Å². The first-order valence-electron chi connectivity index (χ1n) is 6.63. The molecule has 0 radical (unpaired) electrons. The largest absolute Gasteiger partial charge is 0.472 e. The van der Waals surface area contributed by atoms with Crippen molar-refractivity contribution in [3.63, 3.8) is 0 Å². The molecule has 2 aromatic rings. The van der Waals surface area contributed by atoms with Crippen molar-refractivity contribution in [3.05, 3.63) is 34.3 Å². The van der Waals surface area contributed by atoms with E-state index in [0.29, 0.717) is 18.4 Å². The van der Waals surface area contributed by atoms with Crippen LogP contribution >= 0.6 is 11.3 Å². The Balaban J connectivity index is 1.74. The van der Waals surface area contributed by atoms with Gasteiger partial charge in [0.1, 0.15) is 18.2 Å². The summed E-state index contributed by atoms with van der Waals surface area (Å²) >= 11 is 1.70. The van der Waals surface area contributed by atoms with Gasteiger partial charge in [-0.05, 0) is 31.2 Å². The normalized spacial score (nSPS) is 14.4. The lowest BCUT2D eigenvalue weighted by atomic mass is 10.4. The van der Waals surface area contributed by atoms with Crippen LogP contribution in [0.15, 0.2) is 23.6 Å². The van der Waals surface area contributed by atoms with Crippen molar-refractivity contribution in [2.45, 2.75) is 32.3 Å². The van der Waals surface area contributed by atoms with E-state index in [4.69, 9.17) is 4.74 Å². The van der Waals surface area contributed by atoms with E-state index in [9.17, 15) is 0 Å². The van der Waals surface area contributed by atoms with Crippen molar-refractivity contribution in [1.29, 1.82) is 0 Å². The van der Waals surface area contributed by atoms with Gasteiger partial charge in [-0.1, -0.05) is 6.07 Å². The molecule has 5 heteroatoms. The lowest BCUT2D eigenvalue weighted by molar-refractivity contribution is 0.296. The van der Waals surface area contributed by atoms with Crippen LogP contribution in [0.2, 0.25) is 0 Å². The van der Waals surface area contributed by atoms with Gasteiger partial charge in [-0.2, -0.15) is 4.98 Å². The van der Waals surface area contributed by atoms with E-state index in [0.717, 1.165) is 18.2 Å². The number of hydrogen-bond acceptors (Lipinski definition) is 5. The number of ether oxygens (including phenoxy) is 1. The number of thiophene rings is 1. The molecule has 19 heavy (non-hydrogen) atoms. The van der Waals surface area contributed by atoms with Gasteiger partial charge in [0.2, 0.25) is 5.88 Å². The molecule has 0 aromatic carbocycles. The molecule has 100 valence electrons. The molecule has 0 unspecified atom stereocenters. The molecule has 1 aliphatic carbocycles. The average molecular weight is 275 g/mol. The minimum Gasteiger partial charge on any atom is -0.472 e. The fourth-order valence-corrected chi connectivity index (χ4v) is 2.47. The standard InChI is InChI=1S/C14H17N3OS/c1-2-15-12-8-13(17-14(16-12)10-5-6-10)18-9-11-4-3-7-19-11/h3-4,7-8,10H,2,5-6,9H2,1H3,(H,15,16,17). The third-order valence-electron chi connectivity index (χ3n) is 2.96. The van der Waals surface area contributed by atoms with E-state index in [1.165, 1.54) is 17.7 Å². The van der Waals surface area contributed by atoms with E-state index in [1.807, 2.05) is 12.1 Å². The topological polar surface area (TPSA) is 47.0 Å². The molecule has 2 aromatic heterocycles. The molecular weight excluding hydrogens is 258 g/mol. The van der Waals surface area contributed by atoms with E-state index < -0.39 is 0 Å². The Kier molecular flexibility index (Phi) is 3.64. The Bertz CT molecular complexity index is 538. The van der Waals surface area contributed by atoms with E-state index in [1.54, 1.807) is 11.3 Å². The Hall–Kier alpha value is -1.62. The van der Waals surface area contributed by atoms with Gasteiger partial charge in [-0.3, -0.25) is 0 Å². The van der Waals surface area contributed by atoms with Gasteiger partial charge in [0.25, 0.3) is 0 Å². The van der Waals surface area contributed by atoms with Crippen molar-refractivity contribution in [3.8, 4) is 5.88 Å². The zero-order chi connectivity index (χ0) is 13.1. The number of aromatic nitrogens is 2. The lowest BCUT2D eigenvalue weighted by Gasteiger charge is -2.09. The molecule has 1 fully saturated rings. The van der Waals surface area contributed by atoms with Gasteiger partial charge >= 0.3 is 0 Å². The third-order valence-corrected chi connectivity index (χ3v) is 3.81. The molecule has 1 N–H and O–H groups in total. The number of anilines is 1. The van der Waals surface area contributed by atoms with Crippen LogP contribution in [0.1, 0.15) is 36.4 Å². The molecule has 0 bridgehead atoms. The Morgan fingerprint density at radius 1 is 1.42 bits per heavy atom. The molecule has 0 amide bonds. The SMILES string of the molecule is CCNc1cc(OCc2cccs2)nc(C2CC2)n1.